The molecule has 8 heteroatoms. The third-order valence-corrected chi connectivity index (χ3v) is 4.73. The molecule has 2 aromatic carbocycles. The van der Waals surface area contributed by atoms with Crippen LogP contribution in [0.15, 0.2) is 42.5 Å². The maximum atomic E-state index is 12.3. The zero-order valence-corrected chi connectivity index (χ0v) is 14.9. The second-order valence-electron chi connectivity index (χ2n) is 6.87. The minimum atomic E-state index is -0.220. The minimum absolute atomic E-state index is 0.0897. The van der Waals surface area contributed by atoms with Crippen LogP contribution in [0.3, 0.4) is 0 Å². The van der Waals surface area contributed by atoms with Gasteiger partial charge in [-0.25, -0.2) is 4.79 Å². The lowest BCUT2D eigenvalue weighted by Gasteiger charge is -2.33. The van der Waals surface area contributed by atoms with Gasteiger partial charge in [-0.3, -0.25) is 4.90 Å². The Hall–Kier alpha value is -3.13. The summed E-state index contributed by atoms with van der Waals surface area (Å²) in [6, 6.07) is 12.6. The van der Waals surface area contributed by atoms with Gasteiger partial charge in [0.15, 0.2) is 0 Å². The van der Waals surface area contributed by atoms with Crippen molar-refractivity contribution in [2.75, 3.05) is 18.4 Å². The van der Waals surface area contributed by atoms with Crippen molar-refractivity contribution in [2.24, 2.45) is 0 Å². The molecule has 2 heterocycles. The zero-order chi connectivity index (χ0) is 18.6. The molecule has 3 aromatic rings. The second-order valence-corrected chi connectivity index (χ2v) is 6.87. The van der Waals surface area contributed by atoms with E-state index in [9.17, 15) is 9.90 Å². The average Bonchev–Trinajstić information content (AvgIpc) is 3.09. The van der Waals surface area contributed by atoms with Crippen LogP contribution in [-0.4, -0.2) is 50.6 Å². The fourth-order valence-corrected chi connectivity index (χ4v) is 3.50. The molecule has 2 amide bonds. The van der Waals surface area contributed by atoms with E-state index in [1.54, 1.807) is 24.3 Å². The van der Waals surface area contributed by atoms with Crippen LogP contribution in [0.4, 0.5) is 10.5 Å². The summed E-state index contributed by atoms with van der Waals surface area (Å²) >= 11 is 0. The van der Waals surface area contributed by atoms with Gasteiger partial charge in [0, 0.05) is 24.8 Å². The number of likely N-dealkylation sites (tertiary alicyclic amines) is 1. The first kappa shape index (κ1) is 17.3. The standard InChI is InChI=1S/C19H22N6O2/c26-16-5-1-3-13(9-16)11-25-8-2-4-15(12-25)21-19(27)20-14-6-7-17-18(10-14)23-24-22-17/h1,3,5-7,9-10,15,26H,2,4,8,11-12H2,(H2,20,21,27)(H,22,23,24)/t15-/m0/s1. The highest BCUT2D eigenvalue weighted by atomic mass is 16.3. The van der Waals surface area contributed by atoms with Crippen LogP contribution >= 0.6 is 0 Å². The maximum absolute atomic E-state index is 12.3. The lowest BCUT2D eigenvalue weighted by molar-refractivity contribution is 0.183. The fourth-order valence-electron chi connectivity index (χ4n) is 3.50. The molecular formula is C19H22N6O2. The first-order valence-corrected chi connectivity index (χ1v) is 9.04. The Morgan fingerprint density at radius 2 is 2.11 bits per heavy atom. The van der Waals surface area contributed by atoms with Gasteiger partial charge in [-0.15, -0.1) is 0 Å². The van der Waals surface area contributed by atoms with E-state index < -0.39 is 0 Å². The van der Waals surface area contributed by atoms with Gasteiger partial charge in [0.2, 0.25) is 0 Å². The summed E-state index contributed by atoms with van der Waals surface area (Å²) in [5.74, 6) is 0.280. The Morgan fingerprint density at radius 3 is 3.00 bits per heavy atom. The summed E-state index contributed by atoms with van der Waals surface area (Å²) in [5.41, 5.74) is 3.22. The van der Waals surface area contributed by atoms with E-state index in [0.717, 1.165) is 43.6 Å². The van der Waals surface area contributed by atoms with Gasteiger partial charge in [0.1, 0.15) is 16.8 Å². The molecule has 0 radical (unpaired) electrons. The van der Waals surface area contributed by atoms with E-state index >= 15 is 0 Å². The number of urea groups is 1. The van der Waals surface area contributed by atoms with Crippen molar-refractivity contribution in [3.05, 3.63) is 48.0 Å². The quantitative estimate of drug-likeness (QED) is 0.567. The molecule has 1 aromatic heterocycles. The Balaban J connectivity index is 1.32. The van der Waals surface area contributed by atoms with Crippen molar-refractivity contribution < 1.29 is 9.90 Å². The molecular weight excluding hydrogens is 344 g/mol. The Labute approximate surface area is 156 Å². The number of piperidine rings is 1. The Morgan fingerprint density at radius 1 is 1.22 bits per heavy atom. The largest absolute Gasteiger partial charge is 0.508 e. The van der Waals surface area contributed by atoms with Gasteiger partial charge in [-0.1, -0.05) is 12.1 Å². The normalized spacial score (nSPS) is 17.7. The summed E-state index contributed by atoms with van der Waals surface area (Å²) in [5, 5.41) is 26.1. The number of phenolic OH excluding ortho intramolecular Hbond substituents is 1. The van der Waals surface area contributed by atoms with Gasteiger partial charge in [0.25, 0.3) is 0 Å². The number of nitrogens with one attached hydrogen (secondary N) is 3. The van der Waals surface area contributed by atoms with Crippen LogP contribution in [0.5, 0.6) is 5.75 Å². The predicted octanol–water partition coefficient (Wildman–Crippen LogP) is 2.45. The number of fused-ring (bicyclic) bond motifs is 1. The van der Waals surface area contributed by atoms with E-state index in [1.807, 2.05) is 18.2 Å². The predicted molar refractivity (Wildman–Crippen MR) is 102 cm³/mol. The van der Waals surface area contributed by atoms with Crippen molar-refractivity contribution in [1.29, 1.82) is 0 Å². The summed E-state index contributed by atoms with van der Waals surface area (Å²) in [7, 11) is 0. The fraction of sp³-hybridized carbons (Fsp3) is 0.316. The molecule has 0 bridgehead atoms. The SMILES string of the molecule is O=C(Nc1ccc2n[nH]nc2c1)N[C@H]1CCCN(Cc2cccc(O)c2)C1. The van der Waals surface area contributed by atoms with Gasteiger partial charge in [0.05, 0.1) is 0 Å². The first-order valence-electron chi connectivity index (χ1n) is 9.04. The highest BCUT2D eigenvalue weighted by Gasteiger charge is 2.21. The van der Waals surface area contributed by atoms with Crippen LogP contribution < -0.4 is 10.6 Å². The number of anilines is 1. The zero-order valence-electron chi connectivity index (χ0n) is 14.9. The number of carbonyl (C=O) groups excluding carboxylic acids is 1. The number of nitrogens with zero attached hydrogens (tertiary/aromatic N) is 3. The van der Waals surface area contributed by atoms with E-state index in [1.165, 1.54) is 0 Å². The number of hydrogen-bond donors (Lipinski definition) is 4. The average molecular weight is 366 g/mol. The number of H-pyrrole nitrogens is 1. The van der Waals surface area contributed by atoms with E-state index in [2.05, 4.69) is 30.9 Å². The molecule has 0 saturated carbocycles. The van der Waals surface area contributed by atoms with Crippen LogP contribution in [0.2, 0.25) is 0 Å². The van der Waals surface area contributed by atoms with Crippen molar-refractivity contribution >= 4 is 22.8 Å². The van der Waals surface area contributed by atoms with Gasteiger partial charge >= 0.3 is 6.03 Å². The molecule has 0 unspecified atom stereocenters. The molecule has 1 fully saturated rings. The highest BCUT2D eigenvalue weighted by Crippen LogP contribution is 2.18. The summed E-state index contributed by atoms with van der Waals surface area (Å²) < 4.78 is 0. The third kappa shape index (κ3) is 4.35. The number of benzene rings is 2. The number of carbonyl (C=O) groups is 1. The molecule has 27 heavy (non-hydrogen) atoms. The summed E-state index contributed by atoms with van der Waals surface area (Å²) in [6.07, 6.45) is 1.97. The number of aromatic nitrogens is 3. The van der Waals surface area contributed by atoms with Crippen LogP contribution in [-0.2, 0) is 6.54 Å². The monoisotopic (exact) mass is 366 g/mol. The Bertz CT molecular complexity index is 941. The minimum Gasteiger partial charge on any atom is -0.508 e. The molecule has 8 nitrogen and oxygen atoms in total. The Kier molecular flexibility index (Phi) is 4.88. The summed E-state index contributed by atoms with van der Waals surface area (Å²) in [4.78, 5) is 14.6. The highest BCUT2D eigenvalue weighted by molar-refractivity contribution is 5.91. The van der Waals surface area contributed by atoms with E-state index in [-0.39, 0.29) is 17.8 Å². The van der Waals surface area contributed by atoms with E-state index in [0.29, 0.717) is 11.2 Å². The second kappa shape index (κ2) is 7.63. The van der Waals surface area contributed by atoms with Crippen LogP contribution in [0.25, 0.3) is 11.0 Å². The number of aromatic hydroxyl groups is 1. The molecule has 1 aliphatic heterocycles. The topological polar surface area (TPSA) is 106 Å². The van der Waals surface area contributed by atoms with Crippen molar-refractivity contribution in [3.8, 4) is 5.75 Å². The van der Waals surface area contributed by atoms with Gasteiger partial charge in [-0.05, 0) is 55.3 Å². The van der Waals surface area contributed by atoms with Crippen LogP contribution in [0, 0.1) is 0 Å². The van der Waals surface area contributed by atoms with Crippen LogP contribution in [0.1, 0.15) is 18.4 Å². The lowest BCUT2D eigenvalue weighted by Crippen LogP contribution is -2.48. The summed E-state index contributed by atoms with van der Waals surface area (Å²) in [6.45, 7) is 2.53. The molecule has 0 spiro atoms. The number of aromatic amines is 1. The van der Waals surface area contributed by atoms with Crippen molar-refractivity contribution in [2.45, 2.75) is 25.4 Å². The molecule has 140 valence electrons. The molecule has 1 atom stereocenters. The smallest absolute Gasteiger partial charge is 0.319 e. The number of phenols is 1. The first-order chi connectivity index (χ1) is 13.2. The van der Waals surface area contributed by atoms with Gasteiger partial charge < -0.3 is 15.7 Å². The number of amides is 2. The third-order valence-electron chi connectivity index (χ3n) is 4.73. The van der Waals surface area contributed by atoms with Crippen molar-refractivity contribution in [1.82, 2.24) is 25.6 Å². The molecule has 4 rings (SSSR count). The van der Waals surface area contributed by atoms with Gasteiger partial charge in [-0.2, -0.15) is 15.4 Å². The molecule has 0 aliphatic carbocycles. The number of rotatable bonds is 4. The lowest BCUT2D eigenvalue weighted by atomic mass is 10.0. The number of hydrogen-bond acceptors (Lipinski definition) is 5. The molecule has 4 N–H and O–H groups in total. The van der Waals surface area contributed by atoms with Crippen molar-refractivity contribution in [3.63, 3.8) is 0 Å². The van der Waals surface area contributed by atoms with E-state index in [4.69, 9.17) is 0 Å². The maximum Gasteiger partial charge on any atom is 0.319 e. The molecule has 1 aliphatic rings. The molecule has 1 saturated heterocycles.